The predicted octanol–water partition coefficient (Wildman–Crippen LogP) is 3.21. The molecule has 0 aliphatic rings. The highest BCUT2D eigenvalue weighted by Gasteiger charge is 2.18. The lowest BCUT2D eigenvalue weighted by Gasteiger charge is -2.19. The molecular formula is C21H26N4O3S. The molecule has 3 amide bonds. The first-order valence-electron chi connectivity index (χ1n) is 9.39. The number of para-hydroxylation sites is 1. The van der Waals surface area contributed by atoms with Crippen molar-refractivity contribution in [1.29, 1.82) is 0 Å². The maximum absolute atomic E-state index is 12.4. The summed E-state index contributed by atoms with van der Waals surface area (Å²) in [5.74, 6) is -0.613. The minimum atomic E-state index is -0.271. The molecule has 29 heavy (non-hydrogen) atoms. The van der Waals surface area contributed by atoms with Crippen LogP contribution >= 0.6 is 11.3 Å². The second kappa shape index (κ2) is 10.5. The molecule has 0 fully saturated rings. The third-order valence-corrected chi connectivity index (χ3v) is 4.75. The lowest BCUT2D eigenvalue weighted by molar-refractivity contribution is -0.132. The molecule has 2 rings (SSSR count). The van der Waals surface area contributed by atoms with Crippen molar-refractivity contribution < 1.29 is 14.4 Å². The molecule has 7 nitrogen and oxygen atoms in total. The summed E-state index contributed by atoms with van der Waals surface area (Å²) >= 11 is 1.32. The van der Waals surface area contributed by atoms with Gasteiger partial charge in [0.05, 0.1) is 17.9 Å². The molecule has 0 saturated heterocycles. The molecule has 0 aliphatic heterocycles. The molecule has 0 radical (unpaired) electrons. The Balaban J connectivity index is 2.09. The van der Waals surface area contributed by atoms with E-state index in [1.807, 2.05) is 51.1 Å². The van der Waals surface area contributed by atoms with Gasteiger partial charge in [0.15, 0.2) is 5.13 Å². The monoisotopic (exact) mass is 414 g/mol. The number of carbonyl (C=O) groups is 3. The normalized spacial score (nSPS) is 10.9. The summed E-state index contributed by atoms with van der Waals surface area (Å²) in [6, 6.07) is 9.28. The van der Waals surface area contributed by atoms with Crippen LogP contribution in [0.25, 0.3) is 6.08 Å². The van der Waals surface area contributed by atoms with E-state index in [0.29, 0.717) is 17.4 Å². The van der Waals surface area contributed by atoms with Gasteiger partial charge in [-0.3, -0.25) is 19.3 Å². The van der Waals surface area contributed by atoms with Gasteiger partial charge in [0.25, 0.3) is 0 Å². The zero-order chi connectivity index (χ0) is 21.4. The number of nitrogens with one attached hydrogen (secondary N) is 1. The van der Waals surface area contributed by atoms with Crippen LogP contribution in [-0.4, -0.2) is 46.7 Å². The summed E-state index contributed by atoms with van der Waals surface area (Å²) < 4.78 is 0. The Hall–Kier alpha value is -3.00. The van der Waals surface area contributed by atoms with Gasteiger partial charge in [-0.15, -0.1) is 11.3 Å². The Bertz CT molecular complexity index is 877. The summed E-state index contributed by atoms with van der Waals surface area (Å²) in [5.41, 5.74) is 1.30. The maximum Gasteiger partial charge on any atom is 0.247 e. The number of rotatable bonds is 8. The van der Waals surface area contributed by atoms with Gasteiger partial charge in [0, 0.05) is 31.0 Å². The quantitative estimate of drug-likeness (QED) is 0.673. The summed E-state index contributed by atoms with van der Waals surface area (Å²) in [6.07, 6.45) is 2.99. The first-order valence-corrected chi connectivity index (χ1v) is 10.3. The van der Waals surface area contributed by atoms with E-state index < -0.39 is 0 Å². The number of hydrogen-bond acceptors (Lipinski definition) is 5. The average Bonchev–Trinajstić information content (AvgIpc) is 3.12. The van der Waals surface area contributed by atoms with E-state index in [-0.39, 0.29) is 30.3 Å². The third-order valence-electron chi connectivity index (χ3n) is 3.90. The number of amides is 3. The van der Waals surface area contributed by atoms with Crippen LogP contribution in [0.3, 0.4) is 0 Å². The lowest BCUT2D eigenvalue weighted by Crippen LogP contribution is -2.42. The highest BCUT2D eigenvalue weighted by atomic mass is 32.1. The van der Waals surface area contributed by atoms with Gasteiger partial charge < -0.3 is 10.2 Å². The molecule has 0 saturated carbocycles. The molecule has 2 aromatic rings. The van der Waals surface area contributed by atoms with Crippen molar-refractivity contribution in [2.45, 2.75) is 33.7 Å². The summed E-state index contributed by atoms with van der Waals surface area (Å²) in [4.78, 5) is 43.8. The van der Waals surface area contributed by atoms with E-state index in [0.717, 1.165) is 5.69 Å². The fraction of sp³-hybridized carbons (Fsp3) is 0.333. The number of carbonyl (C=O) groups excluding carboxylic acids is 3. The summed E-state index contributed by atoms with van der Waals surface area (Å²) in [7, 11) is 0. The van der Waals surface area contributed by atoms with E-state index in [1.54, 1.807) is 11.5 Å². The zero-order valence-electron chi connectivity index (χ0n) is 17.1. The van der Waals surface area contributed by atoms with Crippen molar-refractivity contribution in [2.24, 2.45) is 0 Å². The SMILES string of the molecule is CCN(CC(=O)NC(C)C)C(=O)C=Cc1csc(N(C(C)=O)c2ccccc2)n1. The van der Waals surface area contributed by atoms with Crippen LogP contribution in [0.2, 0.25) is 0 Å². The summed E-state index contributed by atoms with van der Waals surface area (Å²) in [5, 5.41) is 5.08. The number of aromatic nitrogens is 1. The molecule has 0 atom stereocenters. The van der Waals surface area contributed by atoms with Gasteiger partial charge >= 0.3 is 0 Å². The van der Waals surface area contributed by atoms with E-state index in [1.165, 1.54) is 34.1 Å². The Morgan fingerprint density at radius 1 is 1.21 bits per heavy atom. The van der Waals surface area contributed by atoms with Crippen molar-refractivity contribution in [1.82, 2.24) is 15.2 Å². The van der Waals surface area contributed by atoms with Gasteiger partial charge in [-0.2, -0.15) is 0 Å². The fourth-order valence-corrected chi connectivity index (χ4v) is 3.46. The fourth-order valence-electron chi connectivity index (χ4n) is 2.61. The van der Waals surface area contributed by atoms with Crippen molar-refractivity contribution in [3.8, 4) is 0 Å². The molecule has 1 aromatic heterocycles. The van der Waals surface area contributed by atoms with Crippen LogP contribution in [0.1, 0.15) is 33.4 Å². The zero-order valence-corrected chi connectivity index (χ0v) is 17.9. The second-order valence-corrected chi connectivity index (χ2v) is 7.49. The Morgan fingerprint density at radius 2 is 1.90 bits per heavy atom. The molecule has 1 N–H and O–H groups in total. The first-order chi connectivity index (χ1) is 13.8. The molecule has 8 heteroatoms. The van der Waals surface area contributed by atoms with Crippen LogP contribution in [0.4, 0.5) is 10.8 Å². The minimum Gasteiger partial charge on any atom is -0.352 e. The molecule has 1 heterocycles. The molecule has 154 valence electrons. The molecular weight excluding hydrogens is 388 g/mol. The smallest absolute Gasteiger partial charge is 0.247 e. The highest BCUT2D eigenvalue weighted by molar-refractivity contribution is 7.14. The third kappa shape index (κ3) is 6.53. The number of hydrogen-bond donors (Lipinski definition) is 1. The van der Waals surface area contributed by atoms with E-state index >= 15 is 0 Å². The van der Waals surface area contributed by atoms with Gasteiger partial charge in [0.2, 0.25) is 17.7 Å². The standard InChI is InChI=1S/C21H26N4O3S/c1-5-24(13-19(27)22-15(2)3)20(28)12-11-17-14-29-21(23-17)25(16(4)26)18-9-7-6-8-10-18/h6-12,14-15H,5,13H2,1-4H3,(H,22,27). The molecule has 0 bridgehead atoms. The maximum atomic E-state index is 12.4. The number of likely N-dealkylation sites (N-methyl/N-ethyl adjacent to an activating group) is 1. The number of nitrogens with zero attached hydrogens (tertiary/aromatic N) is 3. The predicted molar refractivity (Wildman–Crippen MR) is 116 cm³/mol. The largest absolute Gasteiger partial charge is 0.352 e. The van der Waals surface area contributed by atoms with Gasteiger partial charge in [-0.25, -0.2) is 4.98 Å². The van der Waals surface area contributed by atoms with E-state index in [2.05, 4.69) is 10.3 Å². The average molecular weight is 415 g/mol. The van der Waals surface area contributed by atoms with Crippen molar-refractivity contribution in [3.05, 3.63) is 47.5 Å². The molecule has 0 spiro atoms. The van der Waals surface area contributed by atoms with Crippen molar-refractivity contribution >= 4 is 46.0 Å². The topological polar surface area (TPSA) is 82.6 Å². The van der Waals surface area contributed by atoms with Crippen LogP contribution < -0.4 is 10.2 Å². The Morgan fingerprint density at radius 3 is 2.48 bits per heavy atom. The van der Waals surface area contributed by atoms with Gasteiger partial charge in [0.1, 0.15) is 0 Å². The number of benzene rings is 1. The Kier molecular flexibility index (Phi) is 8.09. The second-order valence-electron chi connectivity index (χ2n) is 6.65. The van der Waals surface area contributed by atoms with Gasteiger partial charge in [-0.05, 0) is 39.0 Å². The highest BCUT2D eigenvalue weighted by Crippen LogP contribution is 2.29. The lowest BCUT2D eigenvalue weighted by atomic mass is 10.3. The molecule has 1 aromatic carbocycles. The molecule has 0 unspecified atom stereocenters. The van der Waals surface area contributed by atoms with Crippen molar-refractivity contribution in [2.75, 3.05) is 18.0 Å². The van der Waals surface area contributed by atoms with Gasteiger partial charge in [-0.1, -0.05) is 18.2 Å². The molecule has 0 aliphatic carbocycles. The van der Waals surface area contributed by atoms with E-state index in [4.69, 9.17) is 0 Å². The van der Waals surface area contributed by atoms with Crippen molar-refractivity contribution in [3.63, 3.8) is 0 Å². The number of anilines is 2. The van der Waals surface area contributed by atoms with Crippen LogP contribution in [0, 0.1) is 0 Å². The first kappa shape index (κ1) is 22.3. The minimum absolute atomic E-state index is 0.00624. The number of thiazole rings is 1. The van der Waals surface area contributed by atoms with Crippen LogP contribution in [-0.2, 0) is 14.4 Å². The van der Waals surface area contributed by atoms with E-state index in [9.17, 15) is 14.4 Å². The van der Waals surface area contributed by atoms with Crippen LogP contribution in [0.15, 0.2) is 41.8 Å². The Labute approximate surface area is 175 Å². The summed E-state index contributed by atoms with van der Waals surface area (Å²) in [6.45, 7) is 7.47. The van der Waals surface area contributed by atoms with Crippen LogP contribution in [0.5, 0.6) is 0 Å².